The average molecular weight is 323 g/mol. The molecular weight excluding hydrogens is 297 g/mol. The third-order valence-electron chi connectivity index (χ3n) is 4.29. The first-order valence-corrected chi connectivity index (χ1v) is 8.09. The van der Waals surface area contributed by atoms with E-state index in [-0.39, 0.29) is 17.8 Å². The van der Waals surface area contributed by atoms with Crippen molar-refractivity contribution in [1.29, 1.82) is 0 Å². The Hall–Kier alpha value is -1.50. The van der Waals surface area contributed by atoms with Crippen molar-refractivity contribution in [3.05, 3.63) is 35.6 Å². The number of likely N-dealkylation sites (N-methyl/N-ethyl adjacent to an activating group) is 1. The van der Waals surface area contributed by atoms with E-state index in [9.17, 15) is 9.18 Å². The molecule has 1 amide bonds. The Morgan fingerprint density at radius 3 is 2.65 bits per heavy atom. The molecule has 0 bridgehead atoms. The van der Waals surface area contributed by atoms with E-state index >= 15 is 0 Å². The lowest BCUT2D eigenvalue weighted by atomic mass is 10.2. The SMILES string of the molecule is C[C@@H](C(=O)NCc1ccc(F)cc1)N(C)CCN1CCOCC1. The normalized spacial score (nSPS) is 17.2. The molecule has 1 N–H and O–H groups in total. The van der Waals surface area contributed by atoms with Gasteiger partial charge in [-0.3, -0.25) is 14.6 Å². The van der Waals surface area contributed by atoms with Crippen molar-refractivity contribution in [3.63, 3.8) is 0 Å². The van der Waals surface area contributed by atoms with E-state index in [1.807, 2.05) is 14.0 Å². The lowest BCUT2D eigenvalue weighted by molar-refractivity contribution is -0.125. The molecule has 1 aliphatic rings. The first-order valence-electron chi connectivity index (χ1n) is 8.09. The van der Waals surface area contributed by atoms with Crippen molar-refractivity contribution in [3.8, 4) is 0 Å². The number of nitrogens with one attached hydrogen (secondary N) is 1. The molecule has 1 fully saturated rings. The quantitative estimate of drug-likeness (QED) is 0.816. The van der Waals surface area contributed by atoms with Crippen LogP contribution in [0, 0.1) is 5.82 Å². The molecule has 0 spiro atoms. The zero-order valence-electron chi connectivity index (χ0n) is 13.9. The third kappa shape index (κ3) is 5.89. The Bertz CT molecular complexity index is 489. The van der Waals surface area contributed by atoms with Crippen molar-refractivity contribution in [1.82, 2.24) is 15.1 Å². The van der Waals surface area contributed by atoms with E-state index in [1.165, 1.54) is 12.1 Å². The highest BCUT2D eigenvalue weighted by Crippen LogP contribution is 2.04. The topological polar surface area (TPSA) is 44.8 Å². The minimum atomic E-state index is -0.267. The fraction of sp³-hybridized carbons (Fsp3) is 0.588. The molecule has 0 saturated carbocycles. The van der Waals surface area contributed by atoms with Crippen LogP contribution in [0.4, 0.5) is 4.39 Å². The molecule has 0 aromatic heterocycles. The van der Waals surface area contributed by atoms with Gasteiger partial charge in [0.2, 0.25) is 5.91 Å². The number of carbonyl (C=O) groups is 1. The summed E-state index contributed by atoms with van der Waals surface area (Å²) in [6, 6.07) is 5.97. The number of nitrogens with zero attached hydrogens (tertiary/aromatic N) is 2. The number of benzene rings is 1. The van der Waals surface area contributed by atoms with Crippen LogP contribution in [0.3, 0.4) is 0 Å². The molecule has 0 radical (unpaired) electrons. The molecule has 0 unspecified atom stereocenters. The summed E-state index contributed by atoms with van der Waals surface area (Å²) in [5, 5.41) is 2.90. The van der Waals surface area contributed by atoms with Crippen LogP contribution in [0.5, 0.6) is 0 Å². The summed E-state index contributed by atoms with van der Waals surface area (Å²) < 4.78 is 18.2. The van der Waals surface area contributed by atoms with E-state index in [4.69, 9.17) is 4.74 Å². The maximum atomic E-state index is 12.9. The molecule has 1 saturated heterocycles. The maximum absolute atomic E-state index is 12.9. The van der Waals surface area contributed by atoms with E-state index < -0.39 is 0 Å². The highest BCUT2D eigenvalue weighted by molar-refractivity contribution is 5.81. The van der Waals surface area contributed by atoms with Crippen LogP contribution < -0.4 is 5.32 Å². The van der Waals surface area contributed by atoms with Crippen LogP contribution in [0.1, 0.15) is 12.5 Å². The van der Waals surface area contributed by atoms with Gasteiger partial charge in [-0.25, -0.2) is 4.39 Å². The second kappa shape index (κ2) is 8.96. The van der Waals surface area contributed by atoms with Crippen LogP contribution in [-0.4, -0.2) is 68.2 Å². The van der Waals surface area contributed by atoms with Gasteiger partial charge in [-0.05, 0) is 31.7 Å². The van der Waals surface area contributed by atoms with Crippen LogP contribution in [0.15, 0.2) is 24.3 Å². The van der Waals surface area contributed by atoms with Gasteiger partial charge >= 0.3 is 0 Å². The van der Waals surface area contributed by atoms with E-state index in [2.05, 4.69) is 15.1 Å². The van der Waals surface area contributed by atoms with Gasteiger partial charge < -0.3 is 10.1 Å². The fourth-order valence-corrected chi connectivity index (χ4v) is 2.46. The molecule has 1 heterocycles. The Labute approximate surface area is 137 Å². The molecule has 128 valence electrons. The van der Waals surface area contributed by atoms with Crippen molar-refractivity contribution in [2.75, 3.05) is 46.4 Å². The summed E-state index contributed by atoms with van der Waals surface area (Å²) in [6.07, 6.45) is 0. The first-order chi connectivity index (χ1) is 11.1. The Balaban J connectivity index is 1.71. The number of hydrogen-bond acceptors (Lipinski definition) is 4. The largest absolute Gasteiger partial charge is 0.379 e. The minimum absolute atomic E-state index is 0.0150. The van der Waals surface area contributed by atoms with E-state index in [0.717, 1.165) is 45.0 Å². The lowest BCUT2D eigenvalue weighted by Gasteiger charge is -2.30. The summed E-state index contributed by atoms with van der Waals surface area (Å²) in [6.45, 7) is 7.59. The number of amides is 1. The fourth-order valence-electron chi connectivity index (χ4n) is 2.46. The van der Waals surface area contributed by atoms with Crippen molar-refractivity contribution in [2.45, 2.75) is 19.5 Å². The van der Waals surface area contributed by atoms with Crippen molar-refractivity contribution < 1.29 is 13.9 Å². The van der Waals surface area contributed by atoms with E-state index in [1.54, 1.807) is 12.1 Å². The van der Waals surface area contributed by atoms with E-state index in [0.29, 0.717) is 6.54 Å². The number of ether oxygens (including phenoxy) is 1. The summed E-state index contributed by atoms with van der Waals surface area (Å²) in [5.41, 5.74) is 0.892. The van der Waals surface area contributed by atoms with Crippen LogP contribution in [-0.2, 0) is 16.1 Å². The maximum Gasteiger partial charge on any atom is 0.237 e. The van der Waals surface area contributed by atoms with Gasteiger partial charge in [0.15, 0.2) is 0 Å². The van der Waals surface area contributed by atoms with Crippen molar-refractivity contribution >= 4 is 5.91 Å². The summed E-state index contributed by atoms with van der Waals surface area (Å²) >= 11 is 0. The van der Waals surface area contributed by atoms with Crippen LogP contribution in [0.2, 0.25) is 0 Å². The monoisotopic (exact) mass is 323 g/mol. The molecule has 1 aromatic rings. The minimum Gasteiger partial charge on any atom is -0.379 e. The zero-order chi connectivity index (χ0) is 16.7. The Kier molecular flexibility index (Phi) is 6.95. The van der Waals surface area contributed by atoms with Crippen LogP contribution >= 0.6 is 0 Å². The standard InChI is InChI=1S/C17H26FN3O2/c1-14(20(2)7-8-21-9-11-23-12-10-21)17(22)19-13-15-3-5-16(18)6-4-15/h3-6,14H,7-13H2,1-2H3,(H,19,22)/t14-/m0/s1. The molecule has 23 heavy (non-hydrogen) atoms. The van der Waals surface area contributed by atoms with Gasteiger partial charge in [0.25, 0.3) is 0 Å². The predicted octanol–water partition coefficient (Wildman–Crippen LogP) is 1.09. The third-order valence-corrected chi connectivity index (χ3v) is 4.29. The molecular formula is C17H26FN3O2. The predicted molar refractivity (Wildman–Crippen MR) is 87.6 cm³/mol. The zero-order valence-corrected chi connectivity index (χ0v) is 13.9. The number of halogens is 1. The highest BCUT2D eigenvalue weighted by atomic mass is 19.1. The summed E-state index contributed by atoms with van der Waals surface area (Å²) in [7, 11) is 1.96. The summed E-state index contributed by atoms with van der Waals surface area (Å²) in [5.74, 6) is -0.282. The molecule has 2 rings (SSSR count). The van der Waals surface area contributed by atoms with Gasteiger partial charge in [-0.15, -0.1) is 0 Å². The lowest BCUT2D eigenvalue weighted by Crippen LogP contribution is -2.47. The Morgan fingerprint density at radius 1 is 1.35 bits per heavy atom. The van der Waals surface area contributed by atoms with Crippen LogP contribution in [0.25, 0.3) is 0 Å². The molecule has 1 aliphatic heterocycles. The smallest absolute Gasteiger partial charge is 0.237 e. The van der Waals surface area contributed by atoms with Gasteiger partial charge in [0, 0.05) is 32.7 Å². The van der Waals surface area contributed by atoms with Gasteiger partial charge in [-0.2, -0.15) is 0 Å². The molecule has 1 atom stereocenters. The summed E-state index contributed by atoms with van der Waals surface area (Å²) in [4.78, 5) is 16.6. The van der Waals surface area contributed by atoms with Gasteiger partial charge in [0.05, 0.1) is 19.3 Å². The second-order valence-corrected chi connectivity index (χ2v) is 5.95. The number of carbonyl (C=O) groups excluding carboxylic acids is 1. The number of rotatable bonds is 7. The Morgan fingerprint density at radius 2 is 2.00 bits per heavy atom. The van der Waals surface area contributed by atoms with Gasteiger partial charge in [0.1, 0.15) is 5.82 Å². The molecule has 6 heteroatoms. The van der Waals surface area contributed by atoms with Gasteiger partial charge in [-0.1, -0.05) is 12.1 Å². The molecule has 0 aliphatic carbocycles. The average Bonchev–Trinajstić information content (AvgIpc) is 2.59. The number of morpholine rings is 1. The molecule has 1 aromatic carbocycles. The first kappa shape index (κ1) is 17.8. The number of hydrogen-bond donors (Lipinski definition) is 1. The molecule has 5 nitrogen and oxygen atoms in total. The van der Waals surface area contributed by atoms with Crippen molar-refractivity contribution in [2.24, 2.45) is 0 Å². The highest BCUT2D eigenvalue weighted by Gasteiger charge is 2.19. The second-order valence-electron chi connectivity index (χ2n) is 5.95.